The fourth-order valence-corrected chi connectivity index (χ4v) is 6.71. The van der Waals surface area contributed by atoms with Crippen LogP contribution in [0.25, 0.3) is 0 Å². The number of nitrogens with zero attached hydrogens (tertiary/aromatic N) is 1. The molecule has 3 fully saturated rings. The molecule has 4 atom stereocenters. The highest BCUT2D eigenvalue weighted by Crippen LogP contribution is 2.72. The molecule has 196 valence electrons. The molecular weight excluding hydrogens is 474 g/mol. The Kier molecular flexibility index (Phi) is 6.87. The number of hydrogen-bond acceptors (Lipinski definition) is 3. The third kappa shape index (κ3) is 4.78. The van der Waals surface area contributed by atoms with Crippen LogP contribution in [-0.4, -0.2) is 42.9 Å². The number of carbonyl (C=O) groups is 2. The first-order chi connectivity index (χ1) is 17.2. The SMILES string of the molecule is O=C(NCCCCN1CCCC1)[C@H]1[C@H](C(=O)NCc2ccc(F)c(C(F)(F)F)c2)[C@@H]2C=C[C@H]1C21CC1. The van der Waals surface area contributed by atoms with Crippen LogP contribution in [0, 0.1) is 34.9 Å². The lowest BCUT2D eigenvalue weighted by Gasteiger charge is -2.26. The Balaban J connectivity index is 1.20. The highest BCUT2D eigenvalue weighted by Gasteiger charge is 2.69. The Bertz CT molecular complexity index is 1030. The number of allylic oxidation sites excluding steroid dienone is 2. The monoisotopic (exact) mass is 507 g/mol. The van der Waals surface area contributed by atoms with Gasteiger partial charge in [0.05, 0.1) is 17.4 Å². The average molecular weight is 508 g/mol. The third-order valence-electron chi connectivity index (χ3n) is 8.65. The molecular formula is C27H33F4N3O2. The van der Waals surface area contributed by atoms with Gasteiger partial charge in [0.1, 0.15) is 5.82 Å². The Morgan fingerprint density at radius 2 is 1.61 bits per heavy atom. The van der Waals surface area contributed by atoms with E-state index in [1.54, 1.807) is 0 Å². The Hall–Kier alpha value is -2.42. The summed E-state index contributed by atoms with van der Waals surface area (Å²) in [7, 11) is 0. The lowest BCUT2D eigenvalue weighted by molar-refractivity contribution is -0.140. The van der Waals surface area contributed by atoms with Crippen molar-refractivity contribution in [2.45, 2.75) is 51.2 Å². The molecule has 2 saturated carbocycles. The highest BCUT2D eigenvalue weighted by atomic mass is 19.4. The van der Waals surface area contributed by atoms with E-state index in [0.717, 1.165) is 57.5 Å². The topological polar surface area (TPSA) is 61.4 Å². The summed E-state index contributed by atoms with van der Waals surface area (Å²) in [5.74, 6) is -2.82. The van der Waals surface area contributed by atoms with Gasteiger partial charge in [-0.15, -0.1) is 0 Å². The summed E-state index contributed by atoms with van der Waals surface area (Å²) in [6, 6.07) is 2.73. The van der Waals surface area contributed by atoms with Crippen LogP contribution in [0.4, 0.5) is 17.6 Å². The van der Waals surface area contributed by atoms with Crippen molar-refractivity contribution in [3.8, 4) is 0 Å². The third-order valence-corrected chi connectivity index (χ3v) is 8.65. The predicted octanol–water partition coefficient (Wildman–Crippen LogP) is 4.28. The van der Waals surface area contributed by atoms with Gasteiger partial charge < -0.3 is 15.5 Å². The number of benzene rings is 1. The number of alkyl halides is 3. The molecule has 1 saturated heterocycles. The second-order valence-electron chi connectivity index (χ2n) is 10.8. The van der Waals surface area contributed by atoms with Crippen LogP contribution in [0.1, 0.15) is 49.7 Å². The summed E-state index contributed by atoms with van der Waals surface area (Å²) in [5, 5.41) is 5.79. The van der Waals surface area contributed by atoms with E-state index < -0.39 is 29.4 Å². The molecule has 5 nitrogen and oxygen atoms in total. The molecule has 36 heavy (non-hydrogen) atoms. The van der Waals surface area contributed by atoms with E-state index in [9.17, 15) is 27.2 Å². The number of halogens is 4. The van der Waals surface area contributed by atoms with E-state index in [4.69, 9.17) is 0 Å². The molecule has 1 spiro atoms. The van der Waals surface area contributed by atoms with Gasteiger partial charge in [-0.1, -0.05) is 18.2 Å². The summed E-state index contributed by atoms with van der Waals surface area (Å²) in [6.07, 6.45) is 5.67. The fraction of sp³-hybridized carbons (Fsp3) is 0.630. The Morgan fingerprint density at radius 1 is 0.972 bits per heavy atom. The molecule has 2 bridgehead atoms. The fourth-order valence-electron chi connectivity index (χ4n) is 6.71. The Morgan fingerprint density at radius 3 is 2.22 bits per heavy atom. The van der Waals surface area contributed by atoms with Gasteiger partial charge >= 0.3 is 6.18 Å². The predicted molar refractivity (Wildman–Crippen MR) is 126 cm³/mol. The quantitative estimate of drug-likeness (QED) is 0.298. The zero-order chi connectivity index (χ0) is 25.5. The summed E-state index contributed by atoms with van der Waals surface area (Å²) < 4.78 is 52.8. The van der Waals surface area contributed by atoms with E-state index in [2.05, 4.69) is 21.6 Å². The van der Waals surface area contributed by atoms with Gasteiger partial charge in [-0.05, 0) is 93.1 Å². The molecule has 5 rings (SSSR count). The molecule has 3 aliphatic carbocycles. The molecule has 2 N–H and O–H groups in total. The number of hydrogen-bond donors (Lipinski definition) is 2. The van der Waals surface area contributed by atoms with Crippen LogP contribution in [0.5, 0.6) is 0 Å². The summed E-state index contributed by atoms with van der Waals surface area (Å²) in [6.45, 7) is 3.76. The summed E-state index contributed by atoms with van der Waals surface area (Å²) in [5.41, 5.74) is -1.22. The lowest BCUT2D eigenvalue weighted by Crippen LogP contribution is -2.44. The van der Waals surface area contributed by atoms with Crippen molar-refractivity contribution in [1.82, 2.24) is 15.5 Å². The largest absolute Gasteiger partial charge is 0.419 e. The minimum atomic E-state index is -4.81. The van der Waals surface area contributed by atoms with Crippen molar-refractivity contribution in [3.63, 3.8) is 0 Å². The Labute approximate surface area is 208 Å². The zero-order valence-electron chi connectivity index (χ0n) is 20.2. The van der Waals surface area contributed by atoms with Crippen molar-refractivity contribution in [1.29, 1.82) is 0 Å². The van der Waals surface area contributed by atoms with Crippen molar-refractivity contribution in [2.24, 2.45) is 29.1 Å². The van der Waals surface area contributed by atoms with Gasteiger partial charge in [0, 0.05) is 13.1 Å². The molecule has 2 amide bonds. The molecule has 0 unspecified atom stereocenters. The maximum absolute atomic E-state index is 13.6. The number of likely N-dealkylation sites (tertiary alicyclic amines) is 1. The van der Waals surface area contributed by atoms with Crippen LogP contribution in [0.2, 0.25) is 0 Å². The number of unbranched alkanes of at least 4 members (excludes halogenated alkanes) is 1. The normalized spacial score (nSPS) is 28.1. The molecule has 1 aromatic rings. The maximum atomic E-state index is 13.6. The number of carbonyl (C=O) groups excluding carboxylic acids is 2. The highest BCUT2D eigenvalue weighted by molar-refractivity contribution is 5.90. The molecule has 1 aliphatic heterocycles. The first-order valence-electron chi connectivity index (χ1n) is 13.0. The summed E-state index contributed by atoms with van der Waals surface area (Å²) in [4.78, 5) is 29.0. The van der Waals surface area contributed by atoms with Gasteiger partial charge in [-0.2, -0.15) is 13.2 Å². The van der Waals surface area contributed by atoms with Crippen LogP contribution >= 0.6 is 0 Å². The maximum Gasteiger partial charge on any atom is 0.419 e. The minimum absolute atomic E-state index is 0.0190. The molecule has 1 heterocycles. The number of amides is 2. The van der Waals surface area contributed by atoms with Crippen LogP contribution in [-0.2, 0) is 22.3 Å². The van der Waals surface area contributed by atoms with Crippen molar-refractivity contribution >= 4 is 11.8 Å². The molecule has 9 heteroatoms. The van der Waals surface area contributed by atoms with Gasteiger partial charge in [-0.3, -0.25) is 9.59 Å². The molecule has 0 radical (unpaired) electrons. The van der Waals surface area contributed by atoms with Gasteiger partial charge in [0.2, 0.25) is 11.8 Å². The van der Waals surface area contributed by atoms with Crippen LogP contribution < -0.4 is 10.6 Å². The van der Waals surface area contributed by atoms with Gasteiger partial charge in [0.25, 0.3) is 0 Å². The smallest absolute Gasteiger partial charge is 0.356 e. The van der Waals surface area contributed by atoms with E-state index >= 15 is 0 Å². The van der Waals surface area contributed by atoms with E-state index in [1.165, 1.54) is 18.9 Å². The molecule has 4 aliphatic rings. The van der Waals surface area contributed by atoms with Gasteiger partial charge in [0.15, 0.2) is 0 Å². The number of rotatable bonds is 9. The minimum Gasteiger partial charge on any atom is -0.356 e. The van der Waals surface area contributed by atoms with E-state index in [1.807, 2.05) is 6.08 Å². The second kappa shape index (κ2) is 9.80. The van der Waals surface area contributed by atoms with E-state index in [0.29, 0.717) is 6.54 Å². The average Bonchev–Trinajstić information content (AvgIpc) is 3.19. The molecule has 1 aromatic carbocycles. The first kappa shape index (κ1) is 25.2. The zero-order valence-corrected chi connectivity index (χ0v) is 20.2. The number of nitrogens with one attached hydrogen (secondary N) is 2. The van der Waals surface area contributed by atoms with Crippen LogP contribution in [0.15, 0.2) is 30.4 Å². The standard InChI is InChI=1S/C27H33F4N3O2/c28-21-8-5-17(15-20(21)27(29,30)31)16-33-25(36)23-19-7-6-18(26(19)9-10-26)22(23)24(35)32-11-1-2-12-34-13-3-4-14-34/h5-8,15,18-19,22-23H,1-4,9-14,16H2,(H,32,35)(H,33,36)/t18-,19+,22-,23-/m1/s1. The van der Waals surface area contributed by atoms with Gasteiger partial charge in [-0.25, -0.2) is 4.39 Å². The van der Waals surface area contributed by atoms with E-state index in [-0.39, 0.29) is 41.2 Å². The van der Waals surface area contributed by atoms with Crippen molar-refractivity contribution < 1.29 is 27.2 Å². The van der Waals surface area contributed by atoms with Crippen molar-refractivity contribution in [2.75, 3.05) is 26.2 Å². The van der Waals surface area contributed by atoms with Crippen molar-refractivity contribution in [3.05, 3.63) is 47.3 Å². The summed E-state index contributed by atoms with van der Waals surface area (Å²) >= 11 is 0. The lowest BCUT2D eigenvalue weighted by atomic mass is 9.81. The van der Waals surface area contributed by atoms with Crippen LogP contribution in [0.3, 0.4) is 0 Å². The second-order valence-corrected chi connectivity index (χ2v) is 10.8. The first-order valence-corrected chi connectivity index (χ1v) is 13.0. The molecule has 0 aromatic heterocycles.